The van der Waals surface area contributed by atoms with Crippen molar-refractivity contribution >= 4 is 6.08 Å². The minimum absolute atomic E-state index is 0.401. The molecule has 0 saturated carbocycles. The van der Waals surface area contributed by atoms with Crippen molar-refractivity contribution in [3.8, 4) is 6.07 Å². The summed E-state index contributed by atoms with van der Waals surface area (Å²) in [5, 5.41) is 8.20. The SMILES string of the molecule is N#CCC=Cc1ncccn1. The van der Waals surface area contributed by atoms with Gasteiger partial charge in [0.15, 0.2) is 5.82 Å². The molecule has 0 spiro atoms. The molecule has 0 radical (unpaired) electrons. The Kier molecular flexibility index (Phi) is 2.82. The first-order valence-electron chi connectivity index (χ1n) is 3.24. The molecule has 3 heteroatoms. The van der Waals surface area contributed by atoms with Crippen molar-refractivity contribution in [3.05, 3.63) is 30.4 Å². The van der Waals surface area contributed by atoms with Crippen molar-refractivity contribution in [2.24, 2.45) is 0 Å². The van der Waals surface area contributed by atoms with Crippen LogP contribution in [0, 0.1) is 11.3 Å². The summed E-state index contributed by atoms with van der Waals surface area (Å²) >= 11 is 0. The lowest BCUT2D eigenvalue weighted by Gasteiger charge is -1.86. The minimum atomic E-state index is 0.401. The van der Waals surface area contributed by atoms with Crippen LogP contribution in [0.15, 0.2) is 24.5 Å². The highest BCUT2D eigenvalue weighted by Crippen LogP contribution is 1.91. The highest BCUT2D eigenvalue weighted by atomic mass is 14.8. The average Bonchev–Trinajstić information content (AvgIpc) is 2.07. The number of allylic oxidation sites excluding steroid dienone is 1. The fourth-order valence-corrected chi connectivity index (χ4v) is 0.614. The molecule has 0 fully saturated rings. The molecular formula is C8H7N3. The van der Waals surface area contributed by atoms with Crippen molar-refractivity contribution in [2.75, 3.05) is 0 Å². The maximum absolute atomic E-state index is 8.20. The van der Waals surface area contributed by atoms with Gasteiger partial charge in [-0.3, -0.25) is 0 Å². The number of hydrogen-bond donors (Lipinski definition) is 0. The lowest BCUT2D eigenvalue weighted by atomic mass is 10.4. The molecule has 0 aliphatic carbocycles. The smallest absolute Gasteiger partial charge is 0.151 e. The van der Waals surface area contributed by atoms with Crippen molar-refractivity contribution < 1.29 is 0 Å². The highest BCUT2D eigenvalue weighted by Gasteiger charge is 1.83. The van der Waals surface area contributed by atoms with Crippen LogP contribution in [0.5, 0.6) is 0 Å². The first-order chi connectivity index (χ1) is 5.43. The molecule has 11 heavy (non-hydrogen) atoms. The molecule has 0 N–H and O–H groups in total. The molecular weight excluding hydrogens is 138 g/mol. The molecule has 0 unspecified atom stereocenters. The molecule has 0 aliphatic heterocycles. The summed E-state index contributed by atoms with van der Waals surface area (Å²) in [6.45, 7) is 0. The van der Waals surface area contributed by atoms with E-state index in [0.717, 1.165) is 0 Å². The van der Waals surface area contributed by atoms with E-state index in [0.29, 0.717) is 12.2 Å². The summed E-state index contributed by atoms with van der Waals surface area (Å²) in [5.74, 6) is 0.641. The summed E-state index contributed by atoms with van der Waals surface area (Å²) in [5.41, 5.74) is 0. The van der Waals surface area contributed by atoms with Gasteiger partial charge in [0.05, 0.1) is 12.5 Å². The highest BCUT2D eigenvalue weighted by molar-refractivity contribution is 5.39. The van der Waals surface area contributed by atoms with Crippen molar-refractivity contribution in [1.29, 1.82) is 5.26 Å². The van der Waals surface area contributed by atoms with Crippen LogP contribution >= 0.6 is 0 Å². The van der Waals surface area contributed by atoms with E-state index in [4.69, 9.17) is 5.26 Å². The molecule has 0 atom stereocenters. The van der Waals surface area contributed by atoms with Gasteiger partial charge in [-0.15, -0.1) is 0 Å². The zero-order chi connectivity index (χ0) is 7.94. The van der Waals surface area contributed by atoms with E-state index in [1.54, 1.807) is 30.6 Å². The van der Waals surface area contributed by atoms with Crippen LogP contribution in [0.1, 0.15) is 12.2 Å². The Hall–Kier alpha value is -1.69. The number of nitrogens with zero attached hydrogens (tertiary/aromatic N) is 3. The molecule has 0 amide bonds. The molecule has 54 valence electrons. The largest absolute Gasteiger partial charge is 0.237 e. The molecule has 0 bridgehead atoms. The van der Waals surface area contributed by atoms with Crippen LogP contribution < -0.4 is 0 Å². The molecule has 0 aliphatic rings. The van der Waals surface area contributed by atoms with Gasteiger partial charge >= 0.3 is 0 Å². The molecule has 0 aromatic carbocycles. The normalized spacial score (nSPS) is 9.73. The summed E-state index contributed by atoms with van der Waals surface area (Å²) in [4.78, 5) is 7.89. The van der Waals surface area contributed by atoms with E-state index in [-0.39, 0.29) is 0 Å². The molecule has 1 aromatic rings. The topological polar surface area (TPSA) is 49.6 Å². The van der Waals surface area contributed by atoms with Gasteiger partial charge in [-0.05, 0) is 12.1 Å². The van der Waals surface area contributed by atoms with Crippen LogP contribution in [-0.4, -0.2) is 9.97 Å². The van der Waals surface area contributed by atoms with Gasteiger partial charge in [-0.2, -0.15) is 5.26 Å². The molecule has 3 nitrogen and oxygen atoms in total. The van der Waals surface area contributed by atoms with E-state index in [9.17, 15) is 0 Å². The quantitative estimate of drug-likeness (QED) is 0.632. The van der Waals surface area contributed by atoms with Crippen molar-refractivity contribution in [2.45, 2.75) is 6.42 Å². The zero-order valence-corrected chi connectivity index (χ0v) is 5.94. The number of rotatable bonds is 2. The lowest BCUT2D eigenvalue weighted by molar-refractivity contribution is 1.13. The van der Waals surface area contributed by atoms with Crippen LogP contribution in [0.4, 0.5) is 0 Å². The fourth-order valence-electron chi connectivity index (χ4n) is 0.614. The van der Waals surface area contributed by atoms with Crippen LogP contribution in [0.2, 0.25) is 0 Å². The summed E-state index contributed by atoms with van der Waals surface area (Å²) in [7, 11) is 0. The van der Waals surface area contributed by atoms with Gasteiger partial charge in [0, 0.05) is 12.4 Å². The fraction of sp³-hybridized carbons (Fsp3) is 0.125. The maximum atomic E-state index is 8.20. The van der Waals surface area contributed by atoms with Gasteiger partial charge in [-0.1, -0.05) is 6.08 Å². The number of hydrogen-bond acceptors (Lipinski definition) is 3. The third kappa shape index (κ3) is 2.59. The Balaban J connectivity index is 2.59. The molecule has 1 rings (SSSR count). The average molecular weight is 145 g/mol. The maximum Gasteiger partial charge on any atom is 0.151 e. The van der Waals surface area contributed by atoms with Crippen molar-refractivity contribution in [1.82, 2.24) is 9.97 Å². The Morgan fingerprint density at radius 1 is 1.45 bits per heavy atom. The summed E-state index contributed by atoms with van der Waals surface area (Å²) in [6, 6.07) is 3.75. The first kappa shape index (κ1) is 7.42. The predicted octanol–water partition coefficient (Wildman–Crippen LogP) is 1.40. The van der Waals surface area contributed by atoms with Gasteiger partial charge in [0.1, 0.15) is 0 Å². The minimum Gasteiger partial charge on any atom is -0.237 e. The summed E-state index contributed by atoms with van der Waals surface area (Å²) < 4.78 is 0. The van der Waals surface area contributed by atoms with E-state index in [1.165, 1.54) is 0 Å². The number of aromatic nitrogens is 2. The van der Waals surface area contributed by atoms with Gasteiger partial charge < -0.3 is 0 Å². The van der Waals surface area contributed by atoms with E-state index < -0.39 is 0 Å². The Morgan fingerprint density at radius 3 is 2.82 bits per heavy atom. The number of nitriles is 1. The molecule has 1 aromatic heterocycles. The Morgan fingerprint density at radius 2 is 2.18 bits per heavy atom. The van der Waals surface area contributed by atoms with Crippen molar-refractivity contribution in [3.63, 3.8) is 0 Å². The van der Waals surface area contributed by atoms with E-state index in [2.05, 4.69) is 9.97 Å². The Bertz CT molecular complexity index is 271. The van der Waals surface area contributed by atoms with Gasteiger partial charge in [0.2, 0.25) is 0 Å². The Labute approximate surface area is 65.0 Å². The van der Waals surface area contributed by atoms with Gasteiger partial charge in [0.25, 0.3) is 0 Å². The summed E-state index contributed by atoms with van der Waals surface area (Å²) in [6.07, 6.45) is 7.19. The van der Waals surface area contributed by atoms with E-state index >= 15 is 0 Å². The second-order valence-corrected chi connectivity index (χ2v) is 1.87. The van der Waals surface area contributed by atoms with Gasteiger partial charge in [-0.25, -0.2) is 9.97 Å². The predicted molar refractivity (Wildman–Crippen MR) is 41.3 cm³/mol. The van der Waals surface area contributed by atoms with Crippen LogP contribution in [0.25, 0.3) is 6.08 Å². The van der Waals surface area contributed by atoms with E-state index in [1.807, 2.05) is 6.07 Å². The van der Waals surface area contributed by atoms with Crippen LogP contribution in [0.3, 0.4) is 0 Å². The second kappa shape index (κ2) is 4.18. The third-order valence-corrected chi connectivity index (χ3v) is 1.06. The third-order valence-electron chi connectivity index (χ3n) is 1.06. The standard InChI is InChI=1S/C8H7N3/c9-5-2-1-4-8-10-6-3-7-11-8/h1,3-4,6-7H,2H2. The monoisotopic (exact) mass is 145 g/mol. The van der Waals surface area contributed by atoms with Crippen LogP contribution in [-0.2, 0) is 0 Å². The molecule has 0 saturated heterocycles. The molecule has 1 heterocycles. The first-order valence-corrected chi connectivity index (χ1v) is 3.24. The second-order valence-electron chi connectivity index (χ2n) is 1.87. The zero-order valence-electron chi connectivity index (χ0n) is 5.94. The lowest BCUT2D eigenvalue weighted by Crippen LogP contribution is -1.82.